The first kappa shape index (κ1) is 62.6. The van der Waals surface area contributed by atoms with Crippen molar-refractivity contribution in [3.05, 3.63) is 12.2 Å². The van der Waals surface area contributed by atoms with Gasteiger partial charge in [0.15, 0.2) is 0 Å². The molecule has 1 amide bonds. The molecule has 0 aromatic carbocycles. The van der Waals surface area contributed by atoms with Gasteiger partial charge in [-0.25, -0.2) is 0 Å². The van der Waals surface area contributed by atoms with Crippen LogP contribution in [0, 0.1) is 0 Å². The number of hydrogen-bond donors (Lipinski definition) is 3. The summed E-state index contributed by atoms with van der Waals surface area (Å²) in [4.78, 5) is 24.5. The minimum absolute atomic E-state index is 0.00399. The van der Waals surface area contributed by atoms with E-state index in [2.05, 4.69) is 19.2 Å². The Morgan fingerprint density at radius 2 is 0.719 bits per heavy atom. The van der Waals surface area contributed by atoms with Crippen molar-refractivity contribution in [2.45, 2.75) is 334 Å². The summed E-state index contributed by atoms with van der Waals surface area (Å²) in [6.45, 7) is 4.91. The number of carbonyl (C=O) groups is 2. The first-order chi connectivity index (χ1) is 31.5. The molecule has 0 spiro atoms. The van der Waals surface area contributed by atoms with Crippen LogP contribution in [0.5, 0.6) is 0 Å². The molecular formula is C58H113NO5. The lowest BCUT2D eigenvalue weighted by atomic mass is 10.0. The number of esters is 1. The molecule has 0 rings (SSSR count). The van der Waals surface area contributed by atoms with E-state index in [1.54, 1.807) is 6.08 Å². The Labute approximate surface area is 399 Å². The maximum Gasteiger partial charge on any atom is 0.305 e. The molecule has 0 aromatic heterocycles. The number of amides is 1. The third kappa shape index (κ3) is 50.0. The second-order valence-electron chi connectivity index (χ2n) is 20.0. The summed E-state index contributed by atoms with van der Waals surface area (Å²) in [5.74, 6) is -0.0704. The van der Waals surface area contributed by atoms with E-state index in [4.69, 9.17) is 4.74 Å². The van der Waals surface area contributed by atoms with E-state index in [-0.39, 0.29) is 18.5 Å². The zero-order valence-electron chi connectivity index (χ0n) is 43.3. The molecule has 380 valence electrons. The van der Waals surface area contributed by atoms with Crippen molar-refractivity contribution in [2.75, 3.05) is 13.2 Å². The maximum atomic E-state index is 12.4. The number of aliphatic hydroxyl groups excluding tert-OH is 2. The Balaban J connectivity index is 3.43. The molecule has 0 bridgehead atoms. The van der Waals surface area contributed by atoms with Crippen molar-refractivity contribution < 1.29 is 24.5 Å². The van der Waals surface area contributed by atoms with Crippen LogP contribution in [0.3, 0.4) is 0 Å². The molecule has 0 heterocycles. The highest BCUT2D eigenvalue weighted by molar-refractivity contribution is 5.76. The van der Waals surface area contributed by atoms with Crippen LogP contribution in [0.1, 0.15) is 322 Å². The molecule has 2 unspecified atom stereocenters. The molecule has 0 saturated carbocycles. The SMILES string of the molecule is CCCCCCCCCCCCCCC/C=C/C(O)C(CO)NC(=O)CCCCCCCCCCCCCCCCCOC(=O)CCCCCCCCCCCCCCCCCCC. The number of carbonyl (C=O) groups excluding carboxylic acids is 2. The highest BCUT2D eigenvalue weighted by atomic mass is 16.5. The van der Waals surface area contributed by atoms with Crippen LogP contribution in [0.15, 0.2) is 12.2 Å². The number of nitrogens with one attached hydrogen (secondary N) is 1. The van der Waals surface area contributed by atoms with Crippen molar-refractivity contribution in [1.29, 1.82) is 0 Å². The zero-order chi connectivity index (χ0) is 46.5. The van der Waals surface area contributed by atoms with Crippen molar-refractivity contribution in [3.8, 4) is 0 Å². The molecule has 6 heteroatoms. The topological polar surface area (TPSA) is 95.9 Å². The van der Waals surface area contributed by atoms with Gasteiger partial charge in [0.2, 0.25) is 5.91 Å². The number of allylic oxidation sites excluding steroid dienone is 1. The number of rotatable bonds is 54. The van der Waals surface area contributed by atoms with E-state index in [9.17, 15) is 19.8 Å². The normalized spacial score (nSPS) is 12.6. The van der Waals surface area contributed by atoms with Crippen LogP contribution < -0.4 is 5.32 Å². The van der Waals surface area contributed by atoms with E-state index in [0.717, 1.165) is 44.9 Å². The van der Waals surface area contributed by atoms with Crippen LogP contribution in [0.25, 0.3) is 0 Å². The first-order valence-electron chi connectivity index (χ1n) is 29.0. The molecule has 6 nitrogen and oxygen atoms in total. The number of unbranched alkanes of at least 4 members (excludes halogenated alkanes) is 43. The summed E-state index contributed by atoms with van der Waals surface area (Å²) in [6, 6.07) is -0.633. The average molecular weight is 905 g/mol. The Kier molecular flexibility index (Phi) is 53.0. The first-order valence-corrected chi connectivity index (χ1v) is 29.0. The zero-order valence-corrected chi connectivity index (χ0v) is 43.3. The number of aliphatic hydroxyl groups is 2. The summed E-state index contributed by atoms with van der Waals surface area (Å²) in [5, 5.41) is 23.1. The van der Waals surface area contributed by atoms with E-state index in [0.29, 0.717) is 19.4 Å². The highest BCUT2D eigenvalue weighted by Crippen LogP contribution is 2.17. The lowest BCUT2D eigenvalue weighted by Gasteiger charge is -2.20. The minimum Gasteiger partial charge on any atom is -0.466 e. The molecule has 64 heavy (non-hydrogen) atoms. The van der Waals surface area contributed by atoms with Gasteiger partial charge in [0, 0.05) is 12.8 Å². The molecule has 3 N–H and O–H groups in total. The number of ether oxygens (including phenoxy) is 1. The minimum atomic E-state index is -0.849. The van der Waals surface area contributed by atoms with Crippen molar-refractivity contribution >= 4 is 11.9 Å². The summed E-state index contributed by atoms with van der Waals surface area (Å²) < 4.78 is 5.49. The van der Waals surface area contributed by atoms with Gasteiger partial charge in [-0.1, -0.05) is 289 Å². The molecule has 0 aliphatic carbocycles. The van der Waals surface area contributed by atoms with Gasteiger partial charge in [0.25, 0.3) is 0 Å². The second-order valence-corrected chi connectivity index (χ2v) is 20.0. The standard InChI is InChI=1S/C58H113NO5/c1-3-5-7-9-11-13-15-17-19-20-24-28-32-36-40-44-48-52-58(63)64-53-49-45-41-37-33-29-25-21-23-27-31-35-39-43-47-51-57(62)59-55(54-60)56(61)50-46-42-38-34-30-26-22-18-16-14-12-10-8-6-4-2/h46,50,55-56,60-61H,3-45,47-49,51-54H2,1-2H3,(H,59,62)/b50-46+. The molecule has 0 saturated heterocycles. The molecule has 2 atom stereocenters. The third-order valence-electron chi connectivity index (χ3n) is 13.6. The lowest BCUT2D eigenvalue weighted by Crippen LogP contribution is -2.45. The average Bonchev–Trinajstić information content (AvgIpc) is 3.29. The Morgan fingerprint density at radius 3 is 1.06 bits per heavy atom. The van der Waals surface area contributed by atoms with Gasteiger partial charge < -0.3 is 20.3 Å². The van der Waals surface area contributed by atoms with Gasteiger partial charge in [0.1, 0.15) is 0 Å². The van der Waals surface area contributed by atoms with Crippen LogP contribution in [0.2, 0.25) is 0 Å². The molecule has 0 aliphatic heterocycles. The van der Waals surface area contributed by atoms with Crippen molar-refractivity contribution in [1.82, 2.24) is 5.32 Å². The van der Waals surface area contributed by atoms with Crippen molar-refractivity contribution in [2.24, 2.45) is 0 Å². The summed E-state index contributed by atoms with van der Waals surface area (Å²) in [7, 11) is 0. The van der Waals surface area contributed by atoms with Gasteiger partial charge in [-0.05, 0) is 32.1 Å². The highest BCUT2D eigenvalue weighted by Gasteiger charge is 2.18. The molecule has 0 radical (unpaired) electrons. The van der Waals surface area contributed by atoms with E-state index < -0.39 is 12.1 Å². The van der Waals surface area contributed by atoms with E-state index >= 15 is 0 Å². The Bertz CT molecular complexity index is 955. The van der Waals surface area contributed by atoms with Crippen LogP contribution in [-0.2, 0) is 14.3 Å². The van der Waals surface area contributed by atoms with Crippen LogP contribution in [0.4, 0.5) is 0 Å². The van der Waals surface area contributed by atoms with Crippen LogP contribution in [-0.4, -0.2) is 47.4 Å². The predicted molar refractivity (Wildman–Crippen MR) is 278 cm³/mol. The molecular weight excluding hydrogens is 791 g/mol. The fourth-order valence-electron chi connectivity index (χ4n) is 9.11. The van der Waals surface area contributed by atoms with Gasteiger partial charge in [-0.2, -0.15) is 0 Å². The Hall–Kier alpha value is -1.40. The lowest BCUT2D eigenvalue weighted by molar-refractivity contribution is -0.143. The van der Waals surface area contributed by atoms with Crippen molar-refractivity contribution in [3.63, 3.8) is 0 Å². The van der Waals surface area contributed by atoms with Crippen LogP contribution >= 0.6 is 0 Å². The van der Waals surface area contributed by atoms with Gasteiger partial charge >= 0.3 is 5.97 Å². The van der Waals surface area contributed by atoms with Gasteiger partial charge in [0.05, 0.1) is 25.4 Å². The maximum absolute atomic E-state index is 12.4. The predicted octanol–water partition coefficient (Wildman–Crippen LogP) is 17.7. The summed E-state index contributed by atoms with van der Waals surface area (Å²) in [5.41, 5.74) is 0. The molecule has 0 aliphatic rings. The van der Waals surface area contributed by atoms with Gasteiger partial charge in [-0.15, -0.1) is 0 Å². The number of hydrogen-bond acceptors (Lipinski definition) is 5. The van der Waals surface area contributed by atoms with E-state index in [1.807, 2.05) is 6.08 Å². The second kappa shape index (κ2) is 54.2. The third-order valence-corrected chi connectivity index (χ3v) is 13.6. The Morgan fingerprint density at radius 1 is 0.422 bits per heavy atom. The van der Waals surface area contributed by atoms with E-state index in [1.165, 1.54) is 250 Å². The summed E-state index contributed by atoms with van der Waals surface area (Å²) >= 11 is 0. The largest absolute Gasteiger partial charge is 0.466 e. The molecule has 0 fully saturated rings. The monoisotopic (exact) mass is 904 g/mol. The smallest absolute Gasteiger partial charge is 0.305 e. The fraction of sp³-hybridized carbons (Fsp3) is 0.931. The molecule has 0 aromatic rings. The van der Waals surface area contributed by atoms with Gasteiger partial charge in [-0.3, -0.25) is 9.59 Å². The fourth-order valence-corrected chi connectivity index (χ4v) is 9.11. The quantitative estimate of drug-likeness (QED) is 0.0321. The summed E-state index contributed by atoms with van der Waals surface area (Å²) in [6.07, 6.45) is 63.7.